The smallest absolute Gasteiger partial charge is 0.341 e. The number of hydrogen-bond acceptors (Lipinski definition) is 7. The molecule has 1 fully saturated rings. The molecule has 0 amide bonds. The molecule has 0 saturated heterocycles. The fourth-order valence-electron chi connectivity index (χ4n) is 3.20. The largest absolute Gasteiger partial charge is 0.462 e. The van der Waals surface area contributed by atoms with E-state index in [0.717, 1.165) is 11.8 Å². The van der Waals surface area contributed by atoms with Gasteiger partial charge in [-0.15, -0.1) is 0 Å². The summed E-state index contributed by atoms with van der Waals surface area (Å²) in [6.07, 6.45) is 4.93. The molecule has 1 saturated carbocycles. The molecule has 0 aliphatic heterocycles. The zero-order valence-corrected chi connectivity index (χ0v) is 14.4. The van der Waals surface area contributed by atoms with E-state index in [9.17, 15) is 9.59 Å². The molecule has 2 aromatic heterocycles. The minimum absolute atomic E-state index is 0.0450. The van der Waals surface area contributed by atoms with Crippen LogP contribution in [0.4, 0.5) is 5.69 Å². The lowest BCUT2D eigenvalue weighted by atomic mass is 10.1. The molecule has 0 bridgehead atoms. The molecule has 0 aromatic carbocycles. The van der Waals surface area contributed by atoms with E-state index in [1.807, 2.05) is 6.07 Å². The van der Waals surface area contributed by atoms with Crippen molar-refractivity contribution in [3.63, 3.8) is 0 Å². The number of pyridine rings is 1. The first-order chi connectivity index (χ1) is 12.6. The van der Waals surface area contributed by atoms with Crippen LogP contribution in [0.3, 0.4) is 0 Å². The van der Waals surface area contributed by atoms with Gasteiger partial charge in [0.15, 0.2) is 0 Å². The van der Waals surface area contributed by atoms with Gasteiger partial charge in [-0.3, -0.25) is 4.79 Å². The Morgan fingerprint density at radius 1 is 1.46 bits per heavy atom. The average molecular weight is 356 g/mol. The number of carbonyl (C=O) groups is 2. The summed E-state index contributed by atoms with van der Waals surface area (Å²) in [4.78, 5) is 31.0. The van der Waals surface area contributed by atoms with Gasteiger partial charge in [0.25, 0.3) is 0 Å². The monoisotopic (exact) mass is 356 g/mol. The number of nitrogens with zero attached hydrogens (tertiary/aromatic N) is 2. The SMILES string of the molecule is CCOC(=O)c1cnc2[nH]ccc2c1NC1CCC(OC(=O)CC#N)C1. The third-order valence-electron chi connectivity index (χ3n) is 4.34. The molecule has 2 N–H and O–H groups in total. The number of aromatic nitrogens is 2. The first-order valence-electron chi connectivity index (χ1n) is 8.58. The fraction of sp³-hybridized carbons (Fsp3) is 0.444. The Kier molecular flexibility index (Phi) is 5.37. The first-order valence-corrected chi connectivity index (χ1v) is 8.58. The van der Waals surface area contributed by atoms with Gasteiger partial charge in [0.2, 0.25) is 0 Å². The van der Waals surface area contributed by atoms with Crippen LogP contribution in [0.2, 0.25) is 0 Å². The van der Waals surface area contributed by atoms with Gasteiger partial charge in [0.05, 0.1) is 18.4 Å². The van der Waals surface area contributed by atoms with Crippen LogP contribution in [0.15, 0.2) is 18.5 Å². The summed E-state index contributed by atoms with van der Waals surface area (Å²) in [6, 6.07) is 3.69. The van der Waals surface area contributed by atoms with Gasteiger partial charge in [-0.2, -0.15) is 5.26 Å². The number of nitriles is 1. The number of aromatic amines is 1. The Hall–Kier alpha value is -3.08. The molecule has 2 heterocycles. The average Bonchev–Trinajstić information content (AvgIpc) is 3.25. The topological polar surface area (TPSA) is 117 Å². The van der Waals surface area contributed by atoms with E-state index in [1.165, 1.54) is 6.20 Å². The van der Waals surface area contributed by atoms with E-state index in [1.54, 1.807) is 19.2 Å². The second kappa shape index (κ2) is 7.87. The summed E-state index contributed by atoms with van der Waals surface area (Å²) in [7, 11) is 0. The summed E-state index contributed by atoms with van der Waals surface area (Å²) in [5, 5.41) is 12.7. The number of rotatable bonds is 6. The van der Waals surface area contributed by atoms with Gasteiger partial charge in [0, 0.05) is 30.2 Å². The highest BCUT2D eigenvalue weighted by Gasteiger charge is 2.29. The third kappa shape index (κ3) is 3.77. The molecule has 1 aliphatic rings. The number of ether oxygens (including phenoxy) is 2. The quantitative estimate of drug-likeness (QED) is 0.764. The van der Waals surface area contributed by atoms with Crippen molar-refractivity contribution in [2.24, 2.45) is 0 Å². The molecule has 0 spiro atoms. The normalized spacial score (nSPS) is 19.1. The molecule has 8 nitrogen and oxygen atoms in total. The lowest BCUT2D eigenvalue weighted by Gasteiger charge is -2.18. The third-order valence-corrected chi connectivity index (χ3v) is 4.34. The maximum atomic E-state index is 12.3. The van der Waals surface area contributed by atoms with Crippen LogP contribution in [0, 0.1) is 11.3 Å². The van der Waals surface area contributed by atoms with E-state index in [-0.39, 0.29) is 25.2 Å². The molecule has 2 unspecified atom stereocenters. The minimum Gasteiger partial charge on any atom is -0.462 e. The van der Waals surface area contributed by atoms with E-state index in [2.05, 4.69) is 15.3 Å². The molecule has 136 valence electrons. The Bertz CT molecular complexity index is 854. The van der Waals surface area contributed by atoms with Crippen molar-refractivity contribution in [1.82, 2.24) is 9.97 Å². The van der Waals surface area contributed by atoms with Crippen molar-refractivity contribution in [2.45, 2.75) is 44.8 Å². The zero-order valence-electron chi connectivity index (χ0n) is 14.4. The van der Waals surface area contributed by atoms with Crippen LogP contribution in [0.5, 0.6) is 0 Å². The molecular formula is C18H20N4O4. The van der Waals surface area contributed by atoms with Crippen molar-refractivity contribution in [3.05, 3.63) is 24.0 Å². The standard InChI is InChI=1S/C18H20N4O4/c1-2-25-18(24)14-10-21-17-13(6-8-20-17)16(14)22-11-3-4-12(9-11)26-15(23)5-7-19/h6,8,10-12H,2-5,9H2,1H3,(H2,20,21,22). The summed E-state index contributed by atoms with van der Waals surface area (Å²) in [5.74, 6) is -0.928. The summed E-state index contributed by atoms with van der Waals surface area (Å²) < 4.78 is 10.4. The van der Waals surface area contributed by atoms with E-state index >= 15 is 0 Å². The number of fused-ring (bicyclic) bond motifs is 1. The van der Waals surface area contributed by atoms with Crippen LogP contribution in [0.25, 0.3) is 11.0 Å². The second-order valence-electron chi connectivity index (χ2n) is 6.11. The number of anilines is 1. The summed E-state index contributed by atoms with van der Waals surface area (Å²) in [5.41, 5.74) is 1.73. The maximum absolute atomic E-state index is 12.3. The Morgan fingerprint density at radius 3 is 3.08 bits per heavy atom. The number of nitrogens with one attached hydrogen (secondary N) is 2. The highest BCUT2D eigenvalue weighted by molar-refractivity contribution is 6.04. The van der Waals surface area contributed by atoms with Gasteiger partial charge >= 0.3 is 11.9 Å². The van der Waals surface area contributed by atoms with Crippen molar-refractivity contribution in [3.8, 4) is 6.07 Å². The Balaban J connectivity index is 1.77. The maximum Gasteiger partial charge on any atom is 0.341 e. The fourth-order valence-corrected chi connectivity index (χ4v) is 3.20. The predicted molar refractivity (Wildman–Crippen MR) is 93.4 cm³/mol. The van der Waals surface area contributed by atoms with Crippen LogP contribution in [-0.4, -0.2) is 40.7 Å². The number of carbonyl (C=O) groups excluding carboxylic acids is 2. The van der Waals surface area contributed by atoms with Gasteiger partial charge in [0.1, 0.15) is 23.7 Å². The zero-order chi connectivity index (χ0) is 18.5. The van der Waals surface area contributed by atoms with Crippen LogP contribution in [0.1, 0.15) is 43.0 Å². The molecule has 0 radical (unpaired) electrons. The van der Waals surface area contributed by atoms with E-state index in [4.69, 9.17) is 14.7 Å². The van der Waals surface area contributed by atoms with Crippen molar-refractivity contribution >= 4 is 28.7 Å². The van der Waals surface area contributed by atoms with Crippen molar-refractivity contribution in [1.29, 1.82) is 5.26 Å². The number of hydrogen-bond donors (Lipinski definition) is 2. The molecule has 26 heavy (non-hydrogen) atoms. The Morgan fingerprint density at radius 2 is 2.31 bits per heavy atom. The predicted octanol–water partition coefficient (Wildman–Crippen LogP) is 2.53. The minimum atomic E-state index is -0.498. The van der Waals surface area contributed by atoms with Gasteiger partial charge in [-0.05, 0) is 25.8 Å². The summed E-state index contributed by atoms with van der Waals surface area (Å²) in [6.45, 7) is 2.04. The highest BCUT2D eigenvalue weighted by Crippen LogP contribution is 2.31. The van der Waals surface area contributed by atoms with Gasteiger partial charge in [-0.25, -0.2) is 9.78 Å². The molecular weight excluding hydrogens is 336 g/mol. The van der Waals surface area contributed by atoms with E-state index in [0.29, 0.717) is 29.7 Å². The lowest BCUT2D eigenvalue weighted by molar-refractivity contribution is -0.147. The molecule has 3 rings (SSSR count). The number of H-pyrrole nitrogens is 1. The molecule has 8 heteroatoms. The number of esters is 2. The van der Waals surface area contributed by atoms with Crippen LogP contribution in [-0.2, 0) is 14.3 Å². The van der Waals surface area contributed by atoms with Crippen molar-refractivity contribution < 1.29 is 19.1 Å². The van der Waals surface area contributed by atoms with Crippen molar-refractivity contribution in [2.75, 3.05) is 11.9 Å². The molecule has 2 aromatic rings. The van der Waals surface area contributed by atoms with Gasteiger partial charge in [-0.1, -0.05) is 0 Å². The van der Waals surface area contributed by atoms with E-state index < -0.39 is 11.9 Å². The lowest BCUT2D eigenvalue weighted by Crippen LogP contribution is -2.21. The second-order valence-corrected chi connectivity index (χ2v) is 6.11. The highest BCUT2D eigenvalue weighted by atomic mass is 16.5. The first kappa shape index (κ1) is 17.7. The Labute approximate surface area is 150 Å². The molecule has 2 atom stereocenters. The summed E-state index contributed by atoms with van der Waals surface area (Å²) >= 11 is 0. The van der Waals surface area contributed by atoms with Gasteiger partial charge < -0.3 is 19.8 Å². The molecule has 1 aliphatic carbocycles. The van der Waals surface area contributed by atoms with Crippen LogP contribution < -0.4 is 5.32 Å². The van der Waals surface area contributed by atoms with Crippen LogP contribution >= 0.6 is 0 Å².